The Morgan fingerprint density at radius 1 is 1.05 bits per heavy atom. The van der Waals surface area contributed by atoms with Gasteiger partial charge in [-0.2, -0.15) is 0 Å². The third kappa shape index (κ3) is 3.97. The molecule has 0 fully saturated rings. The normalized spacial score (nSPS) is 11.8. The second-order valence-electron chi connectivity index (χ2n) is 4.65. The van der Waals surface area contributed by atoms with Crippen LogP contribution in [0.25, 0.3) is 0 Å². The Kier molecular flexibility index (Phi) is 5.06. The van der Waals surface area contributed by atoms with E-state index < -0.39 is 15.6 Å². The van der Waals surface area contributed by atoms with Crippen LogP contribution in [0, 0.1) is 6.92 Å². The first-order valence-electron chi connectivity index (χ1n) is 6.29. The van der Waals surface area contributed by atoms with Crippen molar-refractivity contribution in [3.8, 4) is 0 Å². The van der Waals surface area contributed by atoms with E-state index in [9.17, 15) is 13.2 Å². The van der Waals surface area contributed by atoms with Gasteiger partial charge in [-0.05, 0) is 31.2 Å². The van der Waals surface area contributed by atoms with E-state index in [2.05, 4.69) is 0 Å². The molecular formula is C16H12Cl2O3S. The highest BCUT2D eigenvalue weighted by atomic mass is 35.5. The fourth-order valence-electron chi connectivity index (χ4n) is 1.73. The zero-order valence-electron chi connectivity index (χ0n) is 11.6. The van der Waals surface area contributed by atoms with Crippen molar-refractivity contribution in [1.82, 2.24) is 0 Å². The van der Waals surface area contributed by atoms with Gasteiger partial charge >= 0.3 is 0 Å². The number of ketones is 1. The molecule has 2 rings (SSSR count). The second kappa shape index (κ2) is 6.65. The maximum atomic E-state index is 12.2. The summed E-state index contributed by atoms with van der Waals surface area (Å²) in [6.45, 7) is 1.90. The van der Waals surface area contributed by atoms with Crippen LogP contribution in [0.1, 0.15) is 15.9 Å². The number of hydrogen-bond acceptors (Lipinski definition) is 3. The van der Waals surface area contributed by atoms with Crippen LogP contribution in [0.3, 0.4) is 0 Å². The lowest BCUT2D eigenvalue weighted by atomic mass is 10.1. The first-order valence-corrected chi connectivity index (χ1v) is 8.59. The number of carbonyl (C=O) groups excluding carboxylic acids is 1. The first-order chi connectivity index (χ1) is 10.3. The number of allylic oxidation sites excluding steroid dienone is 1. The van der Waals surface area contributed by atoms with E-state index in [1.807, 2.05) is 6.92 Å². The smallest absolute Gasteiger partial charge is 0.201 e. The van der Waals surface area contributed by atoms with E-state index in [1.165, 1.54) is 18.2 Å². The predicted molar refractivity (Wildman–Crippen MR) is 88.3 cm³/mol. The van der Waals surface area contributed by atoms with E-state index in [0.29, 0.717) is 5.56 Å². The molecule has 0 N–H and O–H groups in total. The molecule has 0 atom stereocenters. The third-order valence-electron chi connectivity index (χ3n) is 2.93. The number of benzene rings is 2. The lowest BCUT2D eigenvalue weighted by Gasteiger charge is -2.03. The Morgan fingerprint density at radius 2 is 1.68 bits per heavy atom. The summed E-state index contributed by atoms with van der Waals surface area (Å²) in [5, 5.41) is 1.14. The van der Waals surface area contributed by atoms with Crippen LogP contribution in [0.2, 0.25) is 10.0 Å². The molecule has 0 amide bonds. The zero-order chi connectivity index (χ0) is 16.3. The zero-order valence-corrected chi connectivity index (χ0v) is 13.9. The fourth-order valence-corrected chi connectivity index (χ4v) is 3.49. The molecule has 3 nitrogen and oxygen atoms in total. The number of aryl methyl sites for hydroxylation is 1. The molecule has 0 aliphatic rings. The summed E-state index contributed by atoms with van der Waals surface area (Å²) in [5.41, 5.74) is 1.42. The van der Waals surface area contributed by atoms with Gasteiger partial charge in [0.15, 0.2) is 5.78 Å². The van der Waals surface area contributed by atoms with Crippen LogP contribution in [-0.4, -0.2) is 14.2 Å². The van der Waals surface area contributed by atoms with Crippen molar-refractivity contribution in [2.75, 3.05) is 0 Å². The monoisotopic (exact) mass is 354 g/mol. The highest BCUT2D eigenvalue weighted by Gasteiger charge is 2.16. The Labute approximate surface area is 139 Å². The molecule has 0 spiro atoms. The predicted octanol–water partition coefficient (Wildman–Crippen LogP) is 4.47. The van der Waals surface area contributed by atoms with Crippen LogP contribution >= 0.6 is 23.2 Å². The number of sulfone groups is 1. The fraction of sp³-hybridized carbons (Fsp3) is 0.0625. The van der Waals surface area contributed by atoms with Crippen molar-refractivity contribution < 1.29 is 13.2 Å². The lowest BCUT2D eigenvalue weighted by molar-refractivity contribution is 0.104. The molecule has 0 saturated carbocycles. The molecule has 2 aromatic carbocycles. The van der Waals surface area contributed by atoms with E-state index in [1.54, 1.807) is 24.3 Å². The highest BCUT2D eigenvalue weighted by molar-refractivity contribution is 7.94. The van der Waals surface area contributed by atoms with Crippen LogP contribution in [0.15, 0.2) is 58.8 Å². The van der Waals surface area contributed by atoms with Crippen LogP contribution in [-0.2, 0) is 9.84 Å². The second-order valence-corrected chi connectivity index (χ2v) is 7.30. The lowest BCUT2D eigenvalue weighted by Crippen LogP contribution is -2.00. The standard InChI is InChI=1S/C16H12Cl2O3S/c1-11-2-4-12(5-3-11)15(19)8-9-22(20,21)16-10-13(17)6-7-14(16)18/h2-10H,1H3/b9-8+. The first kappa shape index (κ1) is 16.7. The van der Waals surface area contributed by atoms with Gasteiger partial charge in [0, 0.05) is 16.0 Å². The average molecular weight is 355 g/mol. The largest absolute Gasteiger partial charge is 0.289 e. The molecule has 0 aromatic heterocycles. The van der Waals surface area contributed by atoms with Gasteiger partial charge in [-0.15, -0.1) is 0 Å². The van der Waals surface area contributed by atoms with Crippen molar-refractivity contribution in [1.29, 1.82) is 0 Å². The molecule has 0 radical (unpaired) electrons. The van der Waals surface area contributed by atoms with E-state index in [4.69, 9.17) is 23.2 Å². The van der Waals surface area contributed by atoms with Gasteiger partial charge < -0.3 is 0 Å². The number of halogens is 2. The summed E-state index contributed by atoms with van der Waals surface area (Å²) >= 11 is 11.7. The molecular weight excluding hydrogens is 343 g/mol. The summed E-state index contributed by atoms with van der Waals surface area (Å²) in [4.78, 5) is 11.8. The third-order valence-corrected chi connectivity index (χ3v) is 5.06. The van der Waals surface area contributed by atoms with Crippen molar-refractivity contribution in [3.05, 3.63) is 75.1 Å². The molecule has 0 unspecified atom stereocenters. The van der Waals surface area contributed by atoms with Crippen molar-refractivity contribution in [3.63, 3.8) is 0 Å². The van der Waals surface area contributed by atoms with Crippen LogP contribution < -0.4 is 0 Å². The van der Waals surface area contributed by atoms with Gasteiger partial charge in [0.2, 0.25) is 9.84 Å². The Balaban J connectivity index is 2.30. The molecule has 0 bridgehead atoms. The molecule has 114 valence electrons. The molecule has 6 heteroatoms. The molecule has 0 aliphatic carbocycles. The summed E-state index contributed by atoms with van der Waals surface area (Å²) in [5.74, 6) is -0.401. The average Bonchev–Trinajstić information content (AvgIpc) is 2.48. The summed E-state index contributed by atoms with van der Waals surface area (Å²) in [6.07, 6.45) is 1.01. The van der Waals surface area contributed by atoms with Crippen molar-refractivity contribution in [2.24, 2.45) is 0 Å². The van der Waals surface area contributed by atoms with Gasteiger partial charge in [-0.25, -0.2) is 8.42 Å². The van der Waals surface area contributed by atoms with Gasteiger partial charge in [-0.1, -0.05) is 53.0 Å². The topological polar surface area (TPSA) is 51.2 Å². The van der Waals surface area contributed by atoms with Gasteiger partial charge in [0.25, 0.3) is 0 Å². The summed E-state index contributed by atoms with van der Waals surface area (Å²) in [6, 6.07) is 11.0. The Morgan fingerprint density at radius 3 is 2.32 bits per heavy atom. The molecule has 0 aliphatic heterocycles. The number of hydrogen-bond donors (Lipinski definition) is 0. The Bertz CT molecular complexity index is 838. The number of carbonyl (C=O) groups is 1. The maximum Gasteiger partial charge on any atom is 0.201 e. The minimum atomic E-state index is -3.84. The van der Waals surface area contributed by atoms with Crippen molar-refractivity contribution in [2.45, 2.75) is 11.8 Å². The summed E-state index contributed by atoms with van der Waals surface area (Å²) in [7, 11) is -3.84. The van der Waals surface area contributed by atoms with Crippen LogP contribution in [0.4, 0.5) is 0 Å². The van der Waals surface area contributed by atoms with Gasteiger partial charge in [0.05, 0.1) is 9.92 Å². The minimum absolute atomic E-state index is 0.0526. The highest BCUT2D eigenvalue weighted by Crippen LogP contribution is 2.26. The maximum absolute atomic E-state index is 12.2. The van der Waals surface area contributed by atoms with Crippen LogP contribution in [0.5, 0.6) is 0 Å². The van der Waals surface area contributed by atoms with Gasteiger partial charge in [0.1, 0.15) is 0 Å². The van der Waals surface area contributed by atoms with Crippen molar-refractivity contribution >= 4 is 38.8 Å². The van der Waals surface area contributed by atoms with E-state index in [-0.39, 0.29) is 14.9 Å². The van der Waals surface area contributed by atoms with E-state index >= 15 is 0 Å². The minimum Gasteiger partial charge on any atom is -0.289 e. The molecule has 22 heavy (non-hydrogen) atoms. The van der Waals surface area contributed by atoms with E-state index in [0.717, 1.165) is 17.0 Å². The quantitative estimate of drug-likeness (QED) is 0.601. The molecule has 2 aromatic rings. The molecule has 0 saturated heterocycles. The SMILES string of the molecule is Cc1ccc(C(=O)/C=C/S(=O)(=O)c2cc(Cl)ccc2Cl)cc1. The Hall–Kier alpha value is -1.62. The van der Waals surface area contributed by atoms with Gasteiger partial charge in [-0.3, -0.25) is 4.79 Å². The number of rotatable bonds is 4. The summed E-state index contributed by atoms with van der Waals surface area (Å²) < 4.78 is 24.4. The molecule has 0 heterocycles.